The number of carbonyl (C=O) groups excluding carboxylic acids is 3. The van der Waals surface area contributed by atoms with Crippen LogP contribution in [0.15, 0.2) is 36.4 Å². The van der Waals surface area contributed by atoms with Gasteiger partial charge in [0.15, 0.2) is 0 Å². The third-order valence-corrected chi connectivity index (χ3v) is 8.12. The number of hydrogen-bond donors (Lipinski definition) is 1. The van der Waals surface area contributed by atoms with Crippen molar-refractivity contribution in [1.82, 2.24) is 4.90 Å². The molecule has 1 aromatic rings. The molecule has 5 aliphatic rings. The Bertz CT molecular complexity index is 1020. The van der Waals surface area contributed by atoms with E-state index in [2.05, 4.69) is 0 Å². The minimum Gasteiger partial charge on any atom is -0.478 e. The van der Waals surface area contributed by atoms with Crippen LogP contribution in [-0.4, -0.2) is 46.3 Å². The number of amides is 3. The van der Waals surface area contributed by atoms with Crippen LogP contribution in [0.5, 0.6) is 0 Å². The Morgan fingerprint density at radius 1 is 1.09 bits per heavy atom. The lowest BCUT2D eigenvalue weighted by molar-refractivity contribution is -0.141. The summed E-state index contributed by atoms with van der Waals surface area (Å²) in [6, 6.07) is 5.57. The Kier molecular flexibility index (Phi) is 5.55. The topological polar surface area (TPSA) is 95.0 Å². The van der Waals surface area contributed by atoms with Gasteiger partial charge in [-0.25, -0.2) is 9.69 Å². The number of rotatable bonds is 6. The molecule has 8 heteroatoms. The molecule has 1 N–H and O–H groups in total. The first kappa shape index (κ1) is 22.1. The summed E-state index contributed by atoms with van der Waals surface area (Å²) in [4.78, 5) is 53.1. The fourth-order valence-electron chi connectivity index (χ4n) is 7.17. The molecular formula is C25H27ClN2O5. The van der Waals surface area contributed by atoms with Crippen LogP contribution in [-0.2, 0) is 19.2 Å². The van der Waals surface area contributed by atoms with E-state index >= 15 is 0 Å². The second kappa shape index (κ2) is 8.28. The predicted octanol–water partition coefficient (Wildman–Crippen LogP) is 3.66. The van der Waals surface area contributed by atoms with E-state index in [0.717, 1.165) is 36.3 Å². The molecule has 5 fully saturated rings. The number of carbonyl (C=O) groups is 4. The van der Waals surface area contributed by atoms with Gasteiger partial charge in [-0.1, -0.05) is 17.7 Å². The van der Waals surface area contributed by atoms with Gasteiger partial charge in [-0.15, -0.1) is 0 Å². The molecule has 3 amide bonds. The molecule has 33 heavy (non-hydrogen) atoms. The third-order valence-electron chi connectivity index (χ3n) is 7.89. The normalized spacial score (nSPS) is 32.7. The molecule has 4 bridgehead atoms. The number of hydrogen-bond acceptors (Lipinski definition) is 4. The molecule has 0 radical (unpaired) electrons. The van der Waals surface area contributed by atoms with E-state index in [1.165, 1.54) is 24.2 Å². The lowest BCUT2D eigenvalue weighted by Gasteiger charge is -2.58. The molecule has 6 rings (SSSR count). The highest BCUT2D eigenvalue weighted by molar-refractivity contribution is 6.31. The van der Waals surface area contributed by atoms with Crippen LogP contribution in [0.2, 0.25) is 5.02 Å². The first-order valence-electron chi connectivity index (χ1n) is 11.6. The summed E-state index contributed by atoms with van der Waals surface area (Å²) in [6.07, 6.45) is 8.49. The van der Waals surface area contributed by atoms with Crippen molar-refractivity contribution in [2.75, 3.05) is 11.4 Å². The van der Waals surface area contributed by atoms with Crippen molar-refractivity contribution in [2.45, 2.75) is 51.0 Å². The number of aliphatic carboxylic acids is 1. The Balaban J connectivity index is 1.45. The van der Waals surface area contributed by atoms with Gasteiger partial charge in [-0.05, 0) is 79.9 Å². The van der Waals surface area contributed by atoms with Gasteiger partial charge in [-0.2, -0.15) is 0 Å². The van der Waals surface area contributed by atoms with E-state index in [4.69, 9.17) is 16.7 Å². The molecule has 7 nitrogen and oxygen atoms in total. The monoisotopic (exact) mass is 470 g/mol. The van der Waals surface area contributed by atoms with Gasteiger partial charge in [0.2, 0.25) is 11.8 Å². The number of carboxylic acids is 1. The second-order valence-electron chi connectivity index (χ2n) is 10.3. The highest BCUT2D eigenvalue weighted by Gasteiger charge is 2.53. The van der Waals surface area contributed by atoms with E-state index in [0.29, 0.717) is 35.0 Å². The maximum absolute atomic E-state index is 13.4. The van der Waals surface area contributed by atoms with Gasteiger partial charge in [0.1, 0.15) is 6.04 Å². The van der Waals surface area contributed by atoms with Crippen LogP contribution in [0.3, 0.4) is 0 Å². The fourth-order valence-corrected chi connectivity index (χ4v) is 7.36. The standard InChI is InChI=1S/C25H27ClN2O5/c26-18-2-1-3-19(9-18)28-22(30)10-20(24(28)33)27(21(29)4-5-23(31)32)14-25-11-15-6-16(12-25)8-17(7-15)13-25/h1-5,9,15-17,20H,6-8,10-14H2,(H,31,32)/b5-4+/t15?,16?,17?,20-,25?/m0/s1. The highest BCUT2D eigenvalue weighted by Crippen LogP contribution is 2.60. The maximum atomic E-state index is 13.4. The van der Waals surface area contributed by atoms with Crippen molar-refractivity contribution in [3.05, 3.63) is 41.4 Å². The first-order valence-corrected chi connectivity index (χ1v) is 11.9. The Labute approximate surface area is 197 Å². The second-order valence-corrected chi connectivity index (χ2v) is 10.8. The van der Waals surface area contributed by atoms with Crippen molar-refractivity contribution >= 4 is 41.0 Å². The van der Waals surface area contributed by atoms with E-state index < -0.39 is 29.7 Å². The van der Waals surface area contributed by atoms with Gasteiger partial charge in [0.05, 0.1) is 12.1 Å². The summed E-state index contributed by atoms with van der Waals surface area (Å²) >= 11 is 6.06. The summed E-state index contributed by atoms with van der Waals surface area (Å²) in [6.45, 7) is 0.381. The van der Waals surface area contributed by atoms with Crippen LogP contribution in [0.4, 0.5) is 5.69 Å². The Morgan fingerprint density at radius 2 is 1.73 bits per heavy atom. The Hall–Kier alpha value is -2.67. The van der Waals surface area contributed by atoms with Gasteiger partial charge >= 0.3 is 5.97 Å². The van der Waals surface area contributed by atoms with Gasteiger partial charge in [0, 0.05) is 23.7 Å². The average molecular weight is 471 g/mol. The number of anilines is 1. The molecular weight excluding hydrogens is 444 g/mol. The molecule has 0 aromatic heterocycles. The number of nitrogens with zero attached hydrogens (tertiary/aromatic N) is 2. The highest BCUT2D eigenvalue weighted by atomic mass is 35.5. The molecule has 1 atom stereocenters. The summed E-state index contributed by atoms with van der Waals surface area (Å²) in [5.74, 6) is -0.647. The maximum Gasteiger partial charge on any atom is 0.328 e. The number of benzene rings is 1. The zero-order valence-electron chi connectivity index (χ0n) is 18.3. The molecule has 1 aliphatic heterocycles. The van der Waals surface area contributed by atoms with Crippen molar-refractivity contribution in [2.24, 2.45) is 23.2 Å². The molecule has 0 unspecified atom stereocenters. The molecule has 174 valence electrons. The summed E-state index contributed by atoms with van der Waals surface area (Å²) < 4.78 is 0. The quantitative estimate of drug-likeness (QED) is 0.505. The molecule has 0 spiro atoms. The first-order chi connectivity index (χ1) is 15.7. The minimum absolute atomic E-state index is 0.0612. The zero-order chi connectivity index (χ0) is 23.3. The van der Waals surface area contributed by atoms with Crippen molar-refractivity contribution in [3.8, 4) is 0 Å². The number of carboxylic acid groups (broad SMARTS) is 1. The molecule has 4 saturated carbocycles. The lowest BCUT2D eigenvalue weighted by Crippen LogP contribution is -2.55. The largest absolute Gasteiger partial charge is 0.478 e. The molecule has 1 heterocycles. The SMILES string of the molecule is O=C(O)/C=C/C(=O)N(CC12CC3CC(CC(C3)C1)C2)[C@H]1CC(=O)N(c2cccc(Cl)c2)C1=O. The van der Waals surface area contributed by atoms with E-state index in [1.54, 1.807) is 24.3 Å². The molecule has 1 aromatic carbocycles. The summed E-state index contributed by atoms with van der Waals surface area (Å²) in [7, 11) is 0. The number of imide groups is 1. The van der Waals surface area contributed by atoms with Gasteiger partial charge in [-0.3, -0.25) is 14.4 Å². The van der Waals surface area contributed by atoms with Crippen LogP contribution < -0.4 is 4.90 Å². The lowest BCUT2D eigenvalue weighted by atomic mass is 9.49. The van der Waals surface area contributed by atoms with Crippen LogP contribution >= 0.6 is 11.6 Å². The van der Waals surface area contributed by atoms with Crippen LogP contribution in [0.25, 0.3) is 0 Å². The van der Waals surface area contributed by atoms with Crippen LogP contribution in [0, 0.1) is 23.2 Å². The summed E-state index contributed by atoms with van der Waals surface area (Å²) in [5, 5.41) is 9.43. The fraction of sp³-hybridized carbons (Fsp3) is 0.520. The summed E-state index contributed by atoms with van der Waals surface area (Å²) in [5.41, 5.74) is 0.317. The average Bonchev–Trinajstić information content (AvgIpc) is 3.03. The van der Waals surface area contributed by atoms with Crippen molar-refractivity contribution in [1.29, 1.82) is 0 Å². The number of halogens is 1. The van der Waals surface area contributed by atoms with Crippen LogP contribution in [0.1, 0.15) is 44.9 Å². The van der Waals surface area contributed by atoms with Gasteiger partial charge in [0.25, 0.3) is 5.91 Å². The molecule has 1 saturated heterocycles. The zero-order valence-corrected chi connectivity index (χ0v) is 19.0. The smallest absolute Gasteiger partial charge is 0.328 e. The van der Waals surface area contributed by atoms with E-state index in [9.17, 15) is 19.2 Å². The predicted molar refractivity (Wildman–Crippen MR) is 121 cm³/mol. The van der Waals surface area contributed by atoms with Crippen molar-refractivity contribution < 1.29 is 24.3 Å². The van der Waals surface area contributed by atoms with Crippen molar-refractivity contribution in [3.63, 3.8) is 0 Å². The third kappa shape index (κ3) is 4.19. The minimum atomic E-state index is -1.23. The Morgan fingerprint density at radius 3 is 2.30 bits per heavy atom. The molecule has 4 aliphatic carbocycles. The van der Waals surface area contributed by atoms with Gasteiger partial charge < -0.3 is 10.0 Å². The van der Waals surface area contributed by atoms with E-state index in [1.807, 2.05) is 0 Å². The van der Waals surface area contributed by atoms with E-state index in [-0.39, 0.29) is 11.8 Å².